The van der Waals surface area contributed by atoms with Crippen LogP contribution in [0, 0.1) is 0 Å². The van der Waals surface area contributed by atoms with Crippen LogP contribution in [0.3, 0.4) is 0 Å². The number of anilines is 2. The number of hydrogen-bond donors (Lipinski definition) is 3. The first kappa shape index (κ1) is 23.4. The van der Waals surface area contributed by atoms with E-state index in [4.69, 9.17) is 4.74 Å². The molecule has 2 aromatic rings. The molecular weight excluding hydrogens is 417 g/mol. The zero-order chi connectivity index (χ0) is 23.0. The Balaban J connectivity index is 1.89. The fourth-order valence-corrected chi connectivity index (χ4v) is 2.37. The lowest BCUT2D eigenvalue weighted by Crippen LogP contribution is -2.33. The van der Waals surface area contributed by atoms with E-state index in [-0.39, 0.29) is 23.5 Å². The van der Waals surface area contributed by atoms with Gasteiger partial charge in [0, 0.05) is 11.4 Å². The second-order valence-corrected chi connectivity index (χ2v) is 6.25. The maximum absolute atomic E-state index is 12.7. The van der Waals surface area contributed by atoms with Crippen molar-refractivity contribution in [2.45, 2.75) is 19.5 Å². The fraction of sp³-hybridized carbons (Fsp3) is 0.200. The summed E-state index contributed by atoms with van der Waals surface area (Å²) in [6, 6.07) is 10.6. The van der Waals surface area contributed by atoms with Gasteiger partial charge in [-0.25, -0.2) is 5.43 Å². The van der Waals surface area contributed by atoms with E-state index in [2.05, 4.69) is 15.7 Å². The van der Waals surface area contributed by atoms with Gasteiger partial charge in [0.25, 0.3) is 0 Å². The summed E-state index contributed by atoms with van der Waals surface area (Å²) in [6.07, 6.45) is -4.85. The number of methoxy groups -OCH3 is 1. The third kappa shape index (κ3) is 7.14. The van der Waals surface area contributed by atoms with Gasteiger partial charge < -0.3 is 15.4 Å². The molecule has 0 saturated carbocycles. The van der Waals surface area contributed by atoms with Crippen molar-refractivity contribution >= 4 is 34.8 Å². The number of rotatable bonds is 6. The van der Waals surface area contributed by atoms with E-state index in [1.807, 2.05) is 5.43 Å². The van der Waals surface area contributed by atoms with Crippen LogP contribution < -0.4 is 20.8 Å². The molecule has 3 N–H and O–H groups in total. The van der Waals surface area contributed by atoms with Gasteiger partial charge in [-0.2, -0.15) is 18.3 Å². The summed E-state index contributed by atoms with van der Waals surface area (Å²) in [5, 5.41) is 8.33. The van der Waals surface area contributed by atoms with Crippen molar-refractivity contribution in [3.05, 3.63) is 54.1 Å². The highest BCUT2D eigenvalue weighted by atomic mass is 19.4. The highest BCUT2D eigenvalue weighted by molar-refractivity contribution is 6.39. The summed E-state index contributed by atoms with van der Waals surface area (Å²) in [7, 11) is 1.41. The number of ether oxygens (including phenoxy) is 1. The zero-order valence-electron chi connectivity index (χ0n) is 16.5. The molecule has 11 heteroatoms. The number of nitrogens with zero attached hydrogens (tertiary/aromatic N) is 1. The SMILES string of the molecule is COc1ccccc1NC(=O)C(=O)N/N=C(\C)CC(=O)Nc1cccc(C(F)(F)F)c1. The number of hydrazone groups is 1. The first-order chi connectivity index (χ1) is 14.6. The van der Waals surface area contributed by atoms with E-state index in [1.165, 1.54) is 32.2 Å². The molecule has 0 fully saturated rings. The van der Waals surface area contributed by atoms with Gasteiger partial charge in [0.2, 0.25) is 5.91 Å². The molecule has 2 rings (SSSR count). The summed E-state index contributed by atoms with van der Waals surface area (Å²) in [6.45, 7) is 1.41. The van der Waals surface area contributed by atoms with Crippen LogP contribution in [-0.2, 0) is 20.6 Å². The molecule has 0 unspecified atom stereocenters. The summed E-state index contributed by atoms with van der Waals surface area (Å²) in [4.78, 5) is 35.8. The lowest BCUT2D eigenvalue weighted by atomic mass is 10.2. The molecule has 3 amide bonds. The molecule has 8 nitrogen and oxygen atoms in total. The summed E-state index contributed by atoms with van der Waals surface area (Å²) >= 11 is 0. The van der Waals surface area contributed by atoms with Gasteiger partial charge in [-0.3, -0.25) is 14.4 Å². The Hall–Kier alpha value is -3.89. The first-order valence-corrected chi connectivity index (χ1v) is 8.84. The summed E-state index contributed by atoms with van der Waals surface area (Å²) < 4.78 is 43.2. The van der Waals surface area contributed by atoms with E-state index in [0.29, 0.717) is 5.75 Å². The molecule has 0 heterocycles. The number of alkyl halides is 3. The van der Waals surface area contributed by atoms with Crippen molar-refractivity contribution in [3.8, 4) is 5.75 Å². The van der Waals surface area contributed by atoms with Crippen molar-refractivity contribution in [1.29, 1.82) is 0 Å². The third-order valence-electron chi connectivity index (χ3n) is 3.80. The van der Waals surface area contributed by atoms with Gasteiger partial charge in [0.05, 0.1) is 24.8 Å². The van der Waals surface area contributed by atoms with Crippen molar-refractivity contribution in [1.82, 2.24) is 5.43 Å². The number of para-hydroxylation sites is 2. The lowest BCUT2D eigenvalue weighted by molar-refractivity contribution is -0.137. The van der Waals surface area contributed by atoms with Gasteiger partial charge in [0.15, 0.2) is 0 Å². The molecule has 2 aromatic carbocycles. The Bertz CT molecular complexity index is 1010. The number of amides is 3. The van der Waals surface area contributed by atoms with Crippen LogP contribution in [-0.4, -0.2) is 30.5 Å². The number of carbonyl (C=O) groups is 3. The van der Waals surface area contributed by atoms with Crippen LogP contribution in [0.5, 0.6) is 5.75 Å². The molecule has 0 spiro atoms. The number of benzene rings is 2. The van der Waals surface area contributed by atoms with E-state index in [1.54, 1.807) is 18.2 Å². The highest BCUT2D eigenvalue weighted by Gasteiger charge is 2.30. The molecule has 0 aliphatic heterocycles. The van der Waals surface area contributed by atoms with Crippen molar-refractivity contribution < 1.29 is 32.3 Å². The minimum Gasteiger partial charge on any atom is -0.495 e. The van der Waals surface area contributed by atoms with E-state index in [9.17, 15) is 27.6 Å². The topological polar surface area (TPSA) is 109 Å². The van der Waals surface area contributed by atoms with Gasteiger partial charge in [0.1, 0.15) is 5.75 Å². The maximum Gasteiger partial charge on any atom is 0.416 e. The second-order valence-electron chi connectivity index (χ2n) is 6.25. The molecule has 0 saturated heterocycles. The normalized spacial score (nSPS) is 11.5. The Morgan fingerprint density at radius 1 is 1.00 bits per heavy atom. The van der Waals surface area contributed by atoms with Gasteiger partial charge in [-0.15, -0.1) is 0 Å². The monoisotopic (exact) mass is 436 g/mol. The zero-order valence-corrected chi connectivity index (χ0v) is 16.5. The third-order valence-corrected chi connectivity index (χ3v) is 3.80. The van der Waals surface area contributed by atoms with Crippen LogP contribution in [0.25, 0.3) is 0 Å². The Kier molecular flexibility index (Phi) is 7.72. The molecule has 0 aliphatic carbocycles. The maximum atomic E-state index is 12.7. The second kappa shape index (κ2) is 10.2. The van der Waals surface area contributed by atoms with Crippen LogP contribution in [0.4, 0.5) is 24.5 Å². The molecule has 0 aromatic heterocycles. The minimum atomic E-state index is -4.53. The van der Waals surface area contributed by atoms with Crippen molar-refractivity contribution in [2.75, 3.05) is 17.7 Å². The molecular formula is C20H19F3N4O4. The van der Waals surface area contributed by atoms with Gasteiger partial charge >= 0.3 is 18.0 Å². The van der Waals surface area contributed by atoms with Crippen molar-refractivity contribution in [3.63, 3.8) is 0 Å². The lowest BCUT2D eigenvalue weighted by Gasteiger charge is -2.10. The van der Waals surface area contributed by atoms with Crippen LogP contribution in [0.15, 0.2) is 53.6 Å². The quantitative estimate of drug-likeness (QED) is 0.367. The average molecular weight is 436 g/mol. The smallest absolute Gasteiger partial charge is 0.416 e. The molecule has 0 radical (unpaired) electrons. The summed E-state index contributed by atoms with van der Waals surface area (Å²) in [5.41, 5.74) is 1.48. The predicted octanol–water partition coefficient (Wildman–Crippen LogP) is 3.17. The number of hydrogen-bond acceptors (Lipinski definition) is 5. The van der Waals surface area contributed by atoms with Gasteiger partial charge in [-0.05, 0) is 37.3 Å². The average Bonchev–Trinajstić information content (AvgIpc) is 2.71. The molecule has 0 aliphatic rings. The largest absolute Gasteiger partial charge is 0.495 e. The van der Waals surface area contributed by atoms with Crippen LogP contribution in [0.2, 0.25) is 0 Å². The van der Waals surface area contributed by atoms with Gasteiger partial charge in [-0.1, -0.05) is 18.2 Å². The Morgan fingerprint density at radius 3 is 2.39 bits per heavy atom. The first-order valence-electron chi connectivity index (χ1n) is 8.84. The molecule has 0 bridgehead atoms. The number of carbonyl (C=O) groups excluding carboxylic acids is 3. The van der Waals surface area contributed by atoms with Crippen LogP contribution >= 0.6 is 0 Å². The van der Waals surface area contributed by atoms with E-state index < -0.39 is 29.5 Å². The van der Waals surface area contributed by atoms with E-state index >= 15 is 0 Å². The fourth-order valence-electron chi connectivity index (χ4n) is 2.37. The standard InChI is InChI=1S/C20H19F3N4O4/c1-12(10-17(28)24-14-7-5-6-13(11-14)20(21,22)23)26-27-19(30)18(29)25-15-8-3-4-9-16(15)31-2/h3-9,11H,10H2,1-2H3,(H,24,28)(H,25,29)(H,27,30)/b26-12+. The minimum absolute atomic E-state index is 0.0344. The van der Waals surface area contributed by atoms with Crippen molar-refractivity contribution in [2.24, 2.45) is 5.10 Å². The number of nitrogens with one attached hydrogen (secondary N) is 3. The summed E-state index contributed by atoms with van der Waals surface area (Å²) in [5.74, 6) is -2.37. The van der Waals surface area contributed by atoms with Crippen LogP contribution in [0.1, 0.15) is 18.9 Å². The molecule has 164 valence electrons. The number of halogens is 3. The Morgan fingerprint density at radius 2 is 1.71 bits per heavy atom. The predicted molar refractivity (Wildman–Crippen MR) is 108 cm³/mol. The molecule has 31 heavy (non-hydrogen) atoms. The Labute approximate surface area is 175 Å². The molecule has 0 atom stereocenters. The van der Waals surface area contributed by atoms with E-state index in [0.717, 1.165) is 12.1 Å². The highest BCUT2D eigenvalue weighted by Crippen LogP contribution is 2.30.